The molecule has 1 aliphatic carbocycles. The van der Waals surface area contributed by atoms with Crippen molar-refractivity contribution in [2.24, 2.45) is 5.92 Å². The highest BCUT2D eigenvalue weighted by atomic mass is 15.2. The van der Waals surface area contributed by atoms with Crippen LogP contribution in [0.5, 0.6) is 0 Å². The number of hydrogen-bond acceptors (Lipinski definition) is 2. The standard InChI is InChI=1S/C18H28N2/c1-14(2)18-12-19-10-11-20(18)13-16-8-5-7-15-6-3-4-9-17(15)16/h3-4,6,9,14,16,18-19H,5,7-8,10-13H2,1-2H3. The minimum absolute atomic E-state index is 0.706. The SMILES string of the molecule is CC(C)C1CNCCN1CC1CCCc2ccccc21. The third kappa shape index (κ3) is 2.91. The van der Waals surface area contributed by atoms with Crippen molar-refractivity contribution < 1.29 is 0 Å². The van der Waals surface area contributed by atoms with Gasteiger partial charge < -0.3 is 5.32 Å². The van der Waals surface area contributed by atoms with E-state index < -0.39 is 0 Å². The van der Waals surface area contributed by atoms with Crippen molar-refractivity contribution in [2.45, 2.75) is 45.1 Å². The Morgan fingerprint density at radius 1 is 1.30 bits per heavy atom. The molecule has 1 saturated heterocycles. The molecule has 3 rings (SSSR count). The summed E-state index contributed by atoms with van der Waals surface area (Å²) >= 11 is 0. The Morgan fingerprint density at radius 3 is 3.00 bits per heavy atom. The Morgan fingerprint density at radius 2 is 2.15 bits per heavy atom. The lowest BCUT2D eigenvalue weighted by Crippen LogP contribution is -2.54. The lowest BCUT2D eigenvalue weighted by molar-refractivity contribution is 0.114. The lowest BCUT2D eigenvalue weighted by Gasteiger charge is -2.41. The molecule has 0 saturated carbocycles. The van der Waals surface area contributed by atoms with Gasteiger partial charge in [0.2, 0.25) is 0 Å². The molecule has 20 heavy (non-hydrogen) atoms. The summed E-state index contributed by atoms with van der Waals surface area (Å²) in [6, 6.07) is 9.82. The second-order valence-electron chi connectivity index (χ2n) is 6.80. The normalized spacial score (nSPS) is 27.6. The van der Waals surface area contributed by atoms with Crippen LogP contribution in [0.1, 0.15) is 43.7 Å². The molecule has 2 atom stereocenters. The molecular weight excluding hydrogens is 244 g/mol. The van der Waals surface area contributed by atoms with Crippen molar-refractivity contribution in [1.29, 1.82) is 0 Å². The first-order valence-electron chi connectivity index (χ1n) is 8.28. The zero-order chi connectivity index (χ0) is 13.9. The number of aryl methyl sites for hydroxylation is 1. The van der Waals surface area contributed by atoms with E-state index in [1.807, 2.05) is 0 Å². The Hall–Kier alpha value is -0.860. The van der Waals surface area contributed by atoms with Crippen molar-refractivity contribution in [3.63, 3.8) is 0 Å². The molecule has 0 aromatic heterocycles. The predicted octanol–water partition coefficient (Wildman–Crippen LogP) is 3.04. The summed E-state index contributed by atoms with van der Waals surface area (Å²) in [6.45, 7) is 9.49. The first-order valence-corrected chi connectivity index (χ1v) is 8.28. The molecule has 2 heteroatoms. The van der Waals surface area contributed by atoms with Crippen molar-refractivity contribution in [2.75, 3.05) is 26.2 Å². The molecule has 1 aromatic rings. The monoisotopic (exact) mass is 272 g/mol. The Bertz CT molecular complexity index is 441. The highest BCUT2D eigenvalue weighted by Gasteiger charge is 2.29. The van der Waals surface area contributed by atoms with Gasteiger partial charge in [0.25, 0.3) is 0 Å². The van der Waals surface area contributed by atoms with Crippen LogP contribution in [0, 0.1) is 5.92 Å². The van der Waals surface area contributed by atoms with Crippen LogP contribution >= 0.6 is 0 Å². The van der Waals surface area contributed by atoms with E-state index in [0.29, 0.717) is 6.04 Å². The second-order valence-corrected chi connectivity index (χ2v) is 6.80. The van der Waals surface area contributed by atoms with Crippen LogP contribution in [0.25, 0.3) is 0 Å². The maximum absolute atomic E-state index is 3.56. The van der Waals surface area contributed by atoms with Crippen molar-refractivity contribution in [1.82, 2.24) is 10.2 Å². The molecule has 0 radical (unpaired) electrons. The number of nitrogens with one attached hydrogen (secondary N) is 1. The molecule has 2 nitrogen and oxygen atoms in total. The highest BCUT2D eigenvalue weighted by Crippen LogP contribution is 2.33. The summed E-state index contributed by atoms with van der Waals surface area (Å²) in [5.74, 6) is 1.49. The van der Waals surface area contributed by atoms with E-state index in [4.69, 9.17) is 0 Å². The smallest absolute Gasteiger partial charge is 0.0244 e. The topological polar surface area (TPSA) is 15.3 Å². The second kappa shape index (κ2) is 6.28. The van der Waals surface area contributed by atoms with Crippen LogP contribution in [0.15, 0.2) is 24.3 Å². The van der Waals surface area contributed by atoms with E-state index in [2.05, 4.69) is 48.3 Å². The van der Waals surface area contributed by atoms with E-state index in [0.717, 1.165) is 24.9 Å². The summed E-state index contributed by atoms with van der Waals surface area (Å²) in [5.41, 5.74) is 3.22. The van der Waals surface area contributed by atoms with Gasteiger partial charge in [-0.2, -0.15) is 0 Å². The summed E-state index contributed by atoms with van der Waals surface area (Å²) in [4.78, 5) is 2.74. The third-order valence-electron chi connectivity index (χ3n) is 5.12. The van der Waals surface area contributed by atoms with Gasteiger partial charge in [-0.3, -0.25) is 4.90 Å². The van der Waals surface area contributed by atoms with Crippen LogP contribution < -0.4 is 5.32 Å². The van der Waals surface area contributed by atoms with Crippen LogP contribution in [-0.4, -0.2) is 37.1 Å². The molecule has 110 valence electrons. The minimum atomic E-state index is 0.706. The average molecular weight is 272 g/mol. The highest BCUT2D eigenvalue weighted by molar-refractivity contribution is 5.32. The van der Waals surface area contributed by atoms with E-state index in [-0.39, 0.29) is 0 Å². The zero-order valence-electron chi connectivity index (χ0n) is 12.9. The number of piperazine rings is 1. The van der Waals surface area contributed by atoms with Gasteiger partial charge in [0.05, 0.1) is 0 Å². The molecule has 1 fully saturated rings. The first-order chi connectivity index (χ1) is 9.75. The zero-order valence-corrected chi connectivity index (χ0v) is 12.9. The Kier molecular flexibility index (Phi) is 4.42. The van der Waals surface area contributed by atoms with E-state index >= 15 is 0 Å². The van der Waals surface area contributed by atoms with E-state index in [1.165, 1.54) is 32.4 Å². The first kappa shape index (κ1) is 14.1. The van der Waals surface area contributed by atoms with Gasteiger partial charge in [0.15, 0.2) is 0 Å². The van der Waals surface area contributed by atoms with Gasteiger partial charge in [-0.05, 0) is 42.2 Å². The molecule has 1 heterocycles. The van der Waals surface area contributed by atoms with Gasteiger partial charge in [0, 0.05) is 32.2 Å². The Balaban J connectivity index is 1.74. The summed E-state index contributed by atoms with van der Waals surface area (Å²) in [5, 5.41) is 3.56. The molecule has 1 aromatic carbocycles. The van der Waals surface area contributed by atoms with Gasteiger partial charge >= 0.3 is 0 Å². The lowest BCUT2D eigenvalue weighted by atomic mass is 9.82. The fraction of sp³-hybridized carbons (Fsp3) is 0.667. The quantitative estimate of drug-likeness (QED) is 0.910. The van der Waals surface area contributed by atoms with Gasteiger partial charge in [-0.1, -0.05) is 38.1 Å². The van der Waals surface area contributed by atoms with Crippen molar-refractivity contribution in [3.8, 4) is 0 Å². The van der Waals surface area contributed by atoms with Crippen LogP contribution in [0.4, 0.5) is 0 Å². The molecule has 0 bridgehead atoms. The number of hydrogen-bond donors (Lipinski definition) is 1. The van der Waals surface area contributed by atoms with Crippen molar-refractivity contribution in [3.05, 3.63) is 35.4 Å². The number of nitrogens with zero attached hydrogens (tertiary/aromatic N) is 1. The molecule has 2 unspecified atom stereocenters. The van der Waals surface area contributed by atoms with Crippen LogP contribution in [0.2, 0.25) is 0 Å². The number of fused-ring (bicyclic) bond motifs is 1. The molecule has 1 aliphatic heterocycles. The maximum Gasteiger partial charge on any atom is 0.0244 e. The fourth-order valence-corrected chi connectivity index (χ4v) is 3.98. The van der Waals surface area contributed by atoms with E-state index in [1.54, 1.807) is 11.1 Å². The molecular formula is C18H28N2. The molecule has 2 aliphatic rings. The summed E-state index contributed by atoms with van der Waals surface area (Å²) in [6.07, 6.45) is 4.01. The molecule has 0 amide bonds. The van der Waals surface area contributed by atoms with Gasteiger partial charge in [0.1, 0.15) is 0 Å². The van der Waals surface area contributed by atoms with Crippen LogP contribution in [0.3, 0.4) is 0 Å². The minimum Gasteiger partial charge on any atom is -0.314 e. The Labute approximate surface area is 123 Å². The molecule has 0 spiro atoms. The van der Waals surface area contributed by atoms with E-state index in [9.17, 15) is 0 Å². The summed E-state index contributed by atoms with van der Waals surface area (Å²) < 4.78 is 0. The fourth-order valence-electron chi connectivity index (χ4n) is 3.98. The predicted molar refractivity (Wildman–Crippen MR) is 85.2 cm³/mol. The largest absolute Gasteiger partial charge is 0.314 e. The summed E-state index contributed by atoms with van der Waals surface area (Å²) in [7, 11) is 0. The maximum atomic E-state index is 3.56. The van der Waals surface area contributed by atoms with Crippen molar-refractivity contribution >= 4 is 0 Å². The average Bonchev–Trinajstić information content (AvgIpc) is 2.48. The van der Waals surface area contributed by atoms with Crippen LogP contribution in [-0.2, 0) is 6.42 Å². The molecule has 1 N–H and O–H groups in total. The van der Waals surface area contributed by atoms with Gasteiger partial charge in [-0.15, -0.1) is 0 Å². The number of rotatable bonds is 3. The number of benzene rings is 1. The third-order valence-corrected chi connectivity index (χ3v) is 5.12. The van der Waals surface area contributed by atoms with Gasteiger partial charge in [-0.25, -0.2) is 0 Å².